The smallest absolute Gasteiger partial charge is 0.123 e. The summed E-state index contributed by atoms with van der Waals surface area (Å²) in [5.41, 5.74) is 0.146. The Balaban J connectivity index is 1.90. The lowest BCUT2D eigenvalue weighted by molar-refractivity contribution is -0.716. The maximum atomic E-state index is 12.9. The molecule has 1 unspecified atom stereocenters. The van der Waals surface area contributed by atoms with Crippen molar-refractivity contribution in [2.45, 2.75) is 43.4 Å². The van der Waals surface area contributed by atoms with Gasteiger partial charge < -0.3 is 10.4 Å². The summed E-state index contributed by atoms with van der Waals surface area (Å²) < 4.78 is 12.9. The first-order chi connectivity index (χ1) is 7.66. The fourth-order valence-electron chi connectivity index (χ4n) is 3.29. The zero-order valence-corrected chi connectivity index (χ0v) is 9.20. The molecule has 2 saturated heterocycles. The van der Waals surface area contributed by atoms with Gasteiger partial charge in [-0.25, -0.2) is 4.39 Å². The SMILES string of the molecule is OC1(c2ccc(F)cc2)C[C@H]2CC[C@@H](C1)[NH2+]2. The van der Waals surface area contributed by atoms with Crippen LogP contribution >= 0.6 is 0 Å². The highest BCUT2D eigenvalue weighted by atomic mass is 19.1. The molecule has 0 amide bonds. The first-order valence-corrected chi connectivity index (χ1v) is 5.99. The predicted octanol–water partition coefficient (Wildman–Crippen LogP) is 0.901. The van der Waals surface area contributed by atoms with Gasteiger partial charge in [-0.05, 0) is 17.7 Å². The highest BCUT2D eigenvalue weighted by molar-refractivity contribution is 5.24. The highest BCUT2D eigenvalue weighted by Crippen LogP contribution is 2.37. The molecular formula is C13H17FNO+. The summed E-state index contributed by atoms with van der Waals surface area (Å²) in [6, 6.07) is 7.42. The Morgan fingerprint density at radius 2 is 1.69 bits per heavy atom. The first kappa shape index (κ1) is 10.2. The summed E-state index contributed by atoms with van der Waals surface area (Å²) in [6.07, 6.45) is 4.01. The van der Waals surface area contributed by atoms with E-state index in [4.69, 9.17) is 0 Å². The average Bonchev–Trinajstić information content (AvgIpc) is 2.59. The zero-order chi connectivity index (χ0) is 11.2. The Morgan fingerprint density at radius 1 is 1.12 bits per heavy atom. The van der Waals surface area contributed by atoms with Crippen molar-refractivity contribution in [2.75, 3.05) is 0 Å². The summed E-state index contributed by atoms with van der Waals surface area (Å²) in [5.74, 6) is -0.238. The summed E-state index contributed by atoms with van der Waals surface area (Å²) in [5, 5.41) is 13.1. The van der Waals surface area contributed by atoms with Gasteiger partial charge in [-0.15, -0.1) is 0 Å². The summed E-state index contributed by atoms with van der Waals surface area (Å²) in [6.45, 7) is 0. The maximum Gasteiger partial charge on any atom is 0.123 e. The van der Waals surface area contributed by atoms with Gasteiger partial charge >= 0.3 is 0 Å². The van der Waals surface area contributed by atoms with E-state index in [9.17, 15) is 9.50 Å². The van der Waals surface area contributed by atoms with E-state index in [1.807, 2.05) is 0 Å². The van der Waals surface area contributed by atoms with E-state index in [1.54, 1.807) is 12.1 Å². The quantitative estimate of drug-likeness (QED) is 0.728. The molecular weight excluding hydrogens is 205 g/mol. The van der Waals surface area contributed by atoms with Crippen LogP contribution in [0.3, 0.4) is 0 Å². The molecule has 16 heavy (non-hydrogen) atoms. The van der Waals surface area contributed by atoms with Crippen LogP contribution in [0.4, 0.5) is 4.39 Å². The van der Waals surface area contributed by atoms with Crippen LogP contribution in [0.5, 0.6) is 0 Å². The van der Waals surface area contributed by atoms with E-state index >= 15 is 0 Å². The second-order valence-corrected chi connectivity index (χ2v) is 5.24. The van der Waals surface area contributed by atoms with Crippen molar-refractivity contribution in [1.82, 2.24) is 0 Å². The number of piperidine rings is 1. The van der Waals surface area contributed by atoms with Crippen LogP contribution < -0.4 is 5.32 Å². The predicted molar refractivity (Wildman–Crippen MR) is 58.3 cm³/mol. The Kier molecular flexibility index (Phi) is 2.26. The van der Waals surface area contributed by atoms with E-state index < -0.39 is 5.60 Å². The van der Waals surface area contributed by atoms with Crippen molar-refractivity contribution in [1.29, 1.82) is 0 Å². The number of nitrogens with two attached hydrogens (primary N) is 1. The van der Waals surface area contributed by atoms with Crippen molar-refractivity contribution in [2.24, 2.45) is 0 Å². The summed E-state index contributed by atoms with van der Waals surface area (Å²) >= 11 is 0. The molecule has 3 heteroatoms. The van der Waals surface area contributed by atoms with Gasteiger partial charge in [0.25, 0.3) is 0 Å². The van der Waals surface area contributed by atoms with Gasteiger partial charge in [0.1, 0.15) is 11.4 Å². The molecule has 0 aliphatic carbocycles. The van der Waals surface area contributed by atoms with E-state index in [1.165, 1.54) is 25.0 Å². The van der Waals surface area contributed by atoms with Gasteiger partial charge in [0.15, 0.2) is 0 Å². The number of quaternary nitrogens is 1. The summed E-state index contributed by atoms with van der Waals surface area (Å²) in [4.78, 5) is 0. The monoisotopic (exact) mass is 222 g/mol. The van der Waals surface area contributed by atoms with Crippen LogP contribution in [0.15, 0.2) is 24.3 Å². The lowest BCUT2D eigenvalue weighted by Crippen LogP contribution is -2.94. The van der Waals surface area contributed by atoms with Crippen LogP contribution in [0.25, 0.3) is 0 Å². The van der Waals surface area contributed by atoms with Crippen molar-refractivity contribution in [3.8, 4) is 0 Å². The minimum atomic E-state index is -0.728. The van der Waals surface area contributed by atoms with Gasteiger partial charge in [-0.3, -0.25) is 0 Å². The molecule has 2 bridgehead atoms. The van der Waals surface area contributed by atoms with Gasteiger partial charge in [-0.1, -0.05) is 12.1 Å². The molecule has 0 spiro atoms. The molecule has 1 aromatic rings. The van der Waals surface area contributed by atoms with Crippen LogP contribution in [0, 0.1) is 5.82 Å². The molecule has 2 aliphatic heterocycles. The van der Waals surface area contributed by atoms with Gasteiger partial charge in [0, 0.05) is 25.7 Å². The molecule has 3 atom stereocenters. The zero-order valence-electron chi connectivity index (χ0n) is 9.20. The maximum absolute atomic E-state index is 12.9. The minimum absolute atomic E-state index is 0.238. The van der Waals surface area contributed by atoms with Crippen molar-refractivity contribution < 1.29 is 14.8 Å². The molecule has 0 aromatic heterocycles. The molecule has 2 heterocycles. The molecule has 2 fully saturated rings. The second kappa shape index (κ2) is 3.54. The lowest BCUT2D eigenvalue weighted by atomic mass is 9.81. The average molecular weight is 222 g/mol. The number of hydrogen-bond donors (Lipinski definition) is 2. The molecule has 2 aliphatic rings. The molecule has 0 radical (unpaired) electrons. The van der Waals surface area contributed by atoms with E-state index in [2.05, 4.69) is 5.32 Å². The van der Waals surface area contributed by atoms with E-state index in [-0.39, 0.29) is 5.82 Å². The molecule has 0 saturated carbocycles. The third-order valence-electron chi connectivity index (χ3n) is 4.03. The number of hydrogen-bond acceptors (Lipinski definition) is 1. The van der Waals surface area contributed by atoms with E-state index in [0.717, 1.165) is 18.4 Å². The Morgan fingerprint density at radius 3 is 2.25 bits per heavy atom. The molecule has 3 rings (SSSR count). The fraction of sp³-hybridized carbons (Fsp3) is 0.538. The van der Waals surface area contributed by atoms with Crippen LogP contribution in [0.1, 0.15) is 31.2 Å². The Bertz CT molecular complexity index is 377. The number of aliphatic hydroxyl groups is 1. The van der Waals surface area contributed by atoms with Gasteiger partial charge in [-0.2, -0.15) is 0 Å². The molecule has 1 aromatic carbocycles. The van der Waals surface area contributed by atoms with Crippen molar-refractivity contribution in [3.05, 3.63) is 35.6 Å². The molecule has 2 nitrogen and oxygen atoms in total. The number of halogens is 1. The molecule has 86 valence electrons. The molecule has 3 N–H and O–H groups in total. The van der Waals surface area contributed by atoms with Crippen LogP contribution in [-0.4, -0.2) is 17.2 Å². The standard InChI is InChI=1S/C13H16FNO/c14-10-3-1-9(2-4-10)13(16)7-11-5-6-12(8-13)15-11/h1-4,11-12,15-16H,5-8H2/p+1/t11-,12+,13?. The topological polar surface area (TPSA) is 36.8 Å². The van der Waals surface area contributed by atoms with Crippen LogP contribution in [0.2, 0.25) is 0 Å². The number of fused-ring (bicyclic) bond motifs is 2. The number of benzene rings is 1. The third-order valence-corrected chi connectivity index (χ3v) is 4.03. The highest BCUT2D eigenvalue weighted by Gasteiger charge is 2.46. The van der Waals surface area contributed by atoms with Gasteiger partial charge in [0.05, 0.1) is 12.1 Å². The third kappa shape index (κ3) is 1.64. The first-order valence-electron chi connectivity index (χ1n) is 5.99. The van der Waals surface area contributed by atoms with Crippen molar-refractivity contribution in [3.63, 3.8) is 0 Å². The number of rotatable bonds is 1. The normalized spacial score (nSPS) is 37.6. The fourth-order valence-corrected chi connectivity index (χ4v) is 3.29. The Hall–Kier alpha value is -0.930. The largest absolute Gasteiger partial charge is 0.385 e. The van der Waals surface area contributed by atoms with Crippen molar-refractivity contribution >= 4 is 0 Å². The minimum Gasteiger partial charge on any atom is -0.385 e. The van der Waals surface area contributed by atoms with Gasteiger partial charge in [0.2, 0.25) is 0 Å². The Labute approximate surface area is 94.5 Å². The van der Waals surface area contributed by atoms with E-state index in [0.29, 0.717) is 12.1 Å². The lowest BCUT2D eigenvalue weighted by Gasteiger charge is -2.35. The second-order valence-electron chi connectivity index (χ2n) is 5.24. The summed E-state index contributed by atoms with van der Waals surface area (Å²) in [7, 11) is 0. The van der Waals surface area contributed by atoms with Crippen LogP contribution in [-0.2, 0) is 5.60 Å².